The molecule has 4 nitrogen and oxygen atoms in total. The minimum absolute atomic E-state index is 0. The van der Waals surface area contributed by atoms with Crippen molar-refractivity contribution in [2.75, 3.05) is 32.8 Å². The second-order valence-corrected chi connectivity index (χ2v) is 4.77. The van der Waals surface area contributed by atoms with Gasteiger partial charge in [-0.25, -0.2) is 0 Å². The van der Waals surface area contributed by atoms with E-state index in [2.05, 4.69) is 39.5 Å². The van der Waals surface area contributed by atoms with Gasteiger partial charge in [-0.1, -0.05) is 12.1 Å². The van der Waals surface area contributed by atoms with Crippen LogP contribution in [0, 0.1) is 0 Å². The Morgan fingerprint density at radius 1 is 1.21 bits per heavy atom. The predicted molar refractivity (Wildman–Crippen MR) is 79.8 cm³/mol. The number of benzene rings is 1. The smallest absolute Gasteiger partial charge is 0.0628 e. The molecular weight excluding hydrogens is 262 g/mol. The Bertz CT molecular complexity index is 522. The van der Waals surface area contributed by atoms with Crippen molar-refractivity contribution in [3.8, 4) is 0 Å². The molecule has 1 saturated heterocycles. The number of aliphatic hydroxyl groups is 1. The van der Waals surface area contributed by atoms with Crippen LogP contribution in [0.25, 0.3) is 10.9 Å². The zero-order valence-electron chi connectivity index (χ0n) is 10.8. The van der Waals surface area contributed by atoms with E-state index in [-0.39, 0.29) is 25.1 Å². The molecule has 2 aromatic rings. The molecule has 2 heterocycles. The number of nitrogens with one attached hydrogen (secondary N) is 2. The van der Waals surface area contributed by atoms with Crippen molar-refractivity contribution in [2.24, 2.45) is 0 Å². The predicted octanol–water partition coefficient (Wildman–Crippen LogP) is 1.53. The fraction of sp³-hybridized carbons (Fsp3) is 0.429. The fourth-order valence-corrected chi connectivity index (χ4v) is 2.80. The van der Waals surface area contributed by atoms with Crippen molar-refractivity contribution in [1.29, 1.82) is 0 Å². The number of hydrogen-bond acceptors (Lipinski definition) is 3. The topological polar surface area (TPSA) is 51.3 Å². The summed E-state index contributed by atoms with van der Waals surface area (Å²) in [6.45, 7) is 4.15. The van der Waals surface area contributed by atoms with E-state index in [4.69, 9.17) is 0 Å². The maximum Gasteiger partial charge on any atom is 0.0628 e. The van der Waals surface area contributed by atoms with Crippen molar-refractivity contribution >= 4 is 23.3 Å². The Morgan fingerprint density at radius 2 is 2.00 bits per heavy atom. The number of aromatic amines is 1. The van der Waals surface area contributed by atoms with Gasteiger partial charge in [-0.2, -0.15) is 0 Å². The Hall–Kier alpha value is -1.07. The molecule has 0 spiro atoms. The monoisotopic (exact) mass is 281 g/mol. The van der Waals surface area contributed by atoms with Gasteiger partial charge < -0.3 is 15.4 Å². The van der Waals surface area contributed by atoms with E-state index in [1.165, 1.54) is 10.9 Å². The number of nitrogens with zero attached hydrogens (tertiary/aromatic N) is 1. The summed E-state index contributed by atoms with van der Waals surface area (Å²) in [4.78, 5) is 5.59. The summed E-state index contributed by atoms with van der Waals surface area (Å²) in [6.07, 6.45) is 1.96. The van der Waals surface area contributed by atoms with Gasteiger partial charge in [0.1, 0.15) is 0 Å². The highest BCUT2D eigenvalue weighted by molar-refractivity contribution is 5.85. The highest BCUT2D eigenvalue weighted by Gasteiger charge is 2.22. The maximum atomic E-state index is 9.76. The third-order valence-electron chi connectivity index (χ3n) is 3.75. The third-order valence-corrected chi connectivity index (χ3v) is 3.75. The van der Waals surface area contributed by atoms with E-state index in [1.807, 2.05) is 6.20 Å². The lowest BCUT2D eigenvalue weighted by Gasteiger charge is -2.34. The van der Waals surface area contributed by atoms with Crippen LogP contribution in [0.15, 0.2) is 30.5 Å². The molecule has 1 aliphatic rings. The lowest BCUT2D eigenvalue weighted by Crippen LogP contribution is -2.46. The summed E-state index contributed by atoms with van der Waals surface area (Å²) in [5.41, 5.74) is 2.36. The molecule has 3 rings (SSSR count). The molecule has 1 aromatic heterocycles. The van der Waals surface area contributed by atoms with E-state index >= 15 is 0 Å². The van der Waals surface area contributed by atoms with E-state index in [0.717, 1.165) is 31.7 Å². The molecule has 104 valence electrons. The lowest BCUT2D eigenvalue weighted by atomic mass is 10.0. The molecule has 0 unspecified atom stereocenters. The molecule has 3 N–H and O–H groups in total. The van der Waals surface area contributed by atoms with Crippen molar-refractivity contribution in [3.05, 3.63) is 36.0 Å². The van der Waals surface area contributed by atoms with Crippen LogP contribution in [-0.4, -0.2) is 47.8 Å². The van der Waals surface area contributed by atoms with Crippen LogP contribution in [0.4, 0.5) is 0 Å². The Labute approximate surface area is 119 Å². The van der Waals surface area contributed by atoms with Gasteiger partial charge in [0.2, 0.25) is 0 Å². The lowest BCUT2D eigenvalue weighted by molar-refractivity contribution is 0.111. The quantitative estimate of drug-likeness (QED) is 0.800. The first-order valence-corrected chi connectivity index (χ1v) is 6.52. The zero-order valence-corrected chi connectivity index (χ0v) is 11.6. The molecule has 0 bridgehead atoms. The molecule has 1 aromatic carbocycles. The van der Waals surface area contributed by atoms with Gasteiger partial charge in [0.15, 0.2) is 0 Å². The first-order chi connectivity index (χ1) is 8.90. The third kappa shape index (κ3) is 2.77. The summed E-state index contributed by atoms with van der Waals surface area (Å²) in [5, 5.41) is 14.3. The Morgan fingerprint density at radius 3 is 2.74 bits per heavy atom. The van der Waals surface area contributed by atoms with Crippen molar-refractivity contribution in [2.45, 2.75) is 6.04 Å². The van der Waals surface area contributed by atoms with Crippen LogP contribution < -0.4 is 5.32 Å². The summed E-state index contributed by atoms with van der Waals surface area (Å²) in [6, 6.07) is 8.45. The second-order valence-electron chi connectivity index (χ2n) is 4.77. The first kappa shape index (κ1) is 14.3. The van der Waals surface area contributed by atoms with Gasteiger partial charge in [0, 0.05) is 43.3 Å². The van der Waals surface area contributed by atoms with E-state index in [9.17, 15) is 5.11 Å². The average molecular weight is 282 g/mol. The number of aromatic nitrogens is 1. The van der Waals surface area contributed by atoms with Gasteiger partial charge in [0.25, 0.3) is 0 Å². The van der Waals surface area contributed by atoms with Crippen molar-refractivity contribution < 1.29 is 5.11 Å². The summed E-state index contributed by atoms with van der Waals surface area (Å²) in [7, 11) is 0. The van der Waals surface area contributed by atoms with Crippen molar-refractivity contribution in [3.63, 3.8) is 0 Å². The summed E-state index contributed by atoms with van der Waals surface area (Å²) < 4.78 is 0. The molecule has 1 aliphatic heterocycles. The maximum absolute atomic E-state index is 9.76. The summed E-state index contributed by atoms with van der Waals surface area (Å²) >= 11 is 0. The number of fused-ring (bicyclic) bond motifs is 1. The van der Waals surface area contributed by atoms with Crippen LogP contribution >= 0.6 is 12.4 Å². The number of aliphatic hydroxyl groups excluding tert-OH is 1. The van der Waals surface area contributed by atoms with Crippen molar-refractivity contribution in [1.82, 2.24) is 15.2 Å². The molecular formula is C14H20ClN3O. The normalized spacial score (nSPS) is 18.2. The second kappa shape index (κ2) is 6.39. The number of hydrogen-bond donors (Lipinski definition) is 3. The molecule has 1 atom stereocenters. The van der Waals surface area contributed by atoms with Gasteiger partial charge in [-0.05, 0) is 17.7 Å². The number of H-pyrrole nitrogens is 1. The largest absolute Gasteiger partial charge is 0.394 e. The highest BCUT2D eigenvalue weighted by atomic mass is 35.5. The number of piperazine rings is 1. The highest BCUT2D eigenvalue weighted by Crippen LogP contribution is 2.27. The first-order valence-electron chi connectivity index (χ1n) is 6.52. The van der Waals surface area contributed by atoms with Crippen LogP contribution in [-0.2, 0) is 0 Å². The molecule has 5 heteroatoms. The number of halogens is 1. The molecule has 0 saturated carbocycles. The molecule has 19 heavy (non-hydrogen) atoms. The minimum Gasteiger partial charge on any atom is -0.394 e. The van der Waals surface area contributed by atoms with Gasteiger partial charge >= 0.3 is 0 Å². The van der Waals surface area contributed by atoms with E-state index < -0.39 is 0 Å². The number of rotatable bonds is 3. The standard InChI is InChI=1S/C14H19N3O.ClH/c18-10-14(17-8-6-15-7-9-17)12-2-1-3-13-11(12)4-5-16-13;/h1-5,14-16,18H,6-10H2;1H/t14-;/m0./s1. The molecule has 0 radical (unpaired) electrons. The molecule has 0 aliphatic carbocycles. The van der Waals surface area contributed by atoms with Gasteiger partial charge in [0.05, 0.1) is 12.6 Å². The van der Waals surface area contributed by atoms with Gasteiger partial charge in [-0.15, -0.1) is 12.4 Å². The van der Waals surface area contributed by atoms with Crippen LogP contribution in [0.1, 0.15) is 11.6 Å². The van der Waals surface area contributed by atoms with Crippen LogP contribution in [0.2, 0.25) is 0 Å². The fourth-order valence-electron chi connectivity index (χ4n) is 2.80. The van der Waals surface area contributed by atoms with Crippen LogP contribution in [0.5, 0.6) is 0 Å². The molecule has 1 fully saturated rings. The van der Waals surface area contributed by atoms with Crippen LogP contribution in [0.3, 0.4) is 0 Å². The molecule has 0 amide bonds. The van der Waals surface area contributed by atoms with Gasteiger partial charge in [-0.3, -0.25) is 4.90 Å². The SMILES string of the molecule is Cl.OC[C@@H](c1cccc2[nH]ccc12)N1CCNCC1. The Kier molecular flexibility index (Phi) is 4.82. The minimum atomic E-state index is 0. The zero-order chi connectivity index (χ0) is 12.4. The van der Waals surface area contributed by atoms with E-state index in [0.29, 0.717) is 0 Å². The Balaban J connectivity index is 0.00000133. The summed E-state index contributed by atoms with van der Waals surface area (Å²) in [5.74, 6) is 0. The average Bonchev–Trinajstić information content (AvgIpc) is 2.90. The van der Waals surface area contributed by atoms with E-state index in [1.54, 1.807) is 0 Å².